The van der Waals surface area contributed by atoms with E-state index < -0.39 is 59.0 Å². The number of likely N-dealkylation sites (tertiary alicyclic amines) is 2. The Morgan fingerprint density at radius 3 is 1.28 bits per heavy atom. The average Bonchev–Trinajstić information content (AvgIpc) is 3.99. The Morgan fingerprint density at radius 1 is 0.607 bits per heavy atom. The van der Waals surface area contributed by atoms with Gasteiger partial charge >= 0.3 is 12.2 Å². The molecule has 0 spiro atoms. The van der Waals surface area contributed by atoms with Crippen LogP contribution < -0.4 is 16.4 Å². The zero-order valence-electron chi connectivity index (χ0n) is 35.9. The van der Waals surface area contributed by atoms with Gasteiger partial charge < -0.3 is 36.4 Å². The molecule has 6 N–H and O–H groups in total. The lowest BCUT2D eigenvalue weighted by molar-refractivity contribution is -0.148. The first-order chi connectivity index (χ1) is 28.9. The molecule has 3 fully saturated rings. The zero-order chi connectivity index (χ0) is 44.6. The van der Waals surface area contributed by atoms with Crippen molar-refractivity contribution in [2.24, 2.45) is 23.3 Å². The number of amides is 6. The number of hydrogen-bond donors (Lipinski definition) is 4. The standard InChI is InChI=1S/C46H59N7O8/c1-28(2)37(49(5)43(58)59)39(54)51-26-10-24-45(51,41(47)56)32-18-14-30(15-19-32)35-22-23-36(53(35)34-12-8-7-9-13-34)31-16-20-33(21-17-31)46(42(48)57)25-11-27-52(46)40(55)38(29(3)4)50(6)44(60)61/h7-9,12-21,28-29,35-38H,10-11,22-27H2,1-6H3,(H2,47,56)(H2,48,57)(H,58,59)(H,60,61)/t35-,36-,37+,38+,45+,46+/m1/s1. The van der Waals surface area contributed by atoms with Gasteiger partial charge in [0.15, 0.2) is 0 Å². The average molecular weight is 838 g/mol. The largest absolute Gasteiger partial charge is 0.465 e. The van der Waals surface area contributed by atoms with Crippen molar-refractivity contribution < 1.29 is 39.0 Å². The molecule has 0 aromatic heterocycles. The van der Waals surface area contributed by atoms with Crippen molar-refractivity contribution in [2.75, 3.05) is 32.1 Å². The Hall–Kier alpha value is -6.12. The van der Waals surface area contributed by atoms with E-state index in [4.69, 9.17) is 11.5 Å². The van der Waals surface area contributed by atoms with Gasteiger partial charge in [0.2, 0.25) is 23.6 Å². The molecule has 0 bridgehead atoms. The molecule has 326 valence electrons. The Labute approximate surface area is 357 Å². The van der Waals surface area contributed by atoms with Crippen molar-refractivity contribution in [3.8, 4) is 0 Å². The van der Waals surface area contributed by atoms with Crippen molar-refractivity contribution in [3.05, 3.63) is 101 Å². The fraction of sp³-hybridized carbons (Fsp3) is 0.478. The number of carbonyl (C=O) groups is 6. The van der Waals surface area contributed by atoms with Crippen LogP contribution in [0, 0.1) is 11.8 Å². The van der Waals surface area contributed by atoms with Crippen LogP contribution in [0.1, 0.15) is 101 Å². The minimum absolute atomic E-state index is 0.0828. The van der Waals surface area contributed by atoms with Gasteiger partial charge in [0, 0.05) is 32.9 Å². The van der Waals surface area contributed by atoms with Gasteiger partial charge in [-0.1, -0.05) is 94.4 Å². The van der Waals surface area contributed by atoms with Crippen LogP contribution in [0.25, 0.3) is 0 Å². The van der Waals surface area contributed by atoms with Gasteiger partial charge in [0.25, 0.3) is 0 Å². The summed E-state index contributed by atoms with van der Waals surface area (Å²) >= 11 is 0. The number of nitrogens with zero attached hydrogens (tertiary/aromatic N) is 5. The molecule has 0 aliphatic carbocycles. The van der Waals surface area contributed by atoms with E-state index in [1.165, 1.54) is 23.9 Å². The normalized spacial score (nSPS) is 23.6. The Kier molecular flexibility index (Phi) is 12.7. The van der Waals surface area contributed by atoms with Crippen molar-refractivity contribution in [1.29, 1.82) is 0 Å². The van der Waals surface area contributed by atoms with E-state index >= 15 is 0 Å². The lowest BCUT2D eigenvalue weighted by atomic mass is 9.84. The second-order valence-corrected chi connectivity index (χ2v) is 17.4. The quantitative estimate of drug-likeness (QED) is 0.168. The van der Waals surface area contributed by atoms with E-state index in [-0.39, 0.29) is 37.0 Å². The molecule has 6 rings (SSSR count). The minimum atomic E-state index is -1.44. The summed E-state index contributed by atoms with van der Waals surface area (Å²) in [6.45, 7) is 7.63. The number of carbonyl (C=O) groups excluding carboxylic acids is 4. The second-order valence-electron chi connectivity index (χ2n) is 17.4. The Balaban J connectivity index is 1.32. The number of benzene rings is 3. The van der Waals surface area contributed by atoms with Gasteiger partial charge in [-0.3, -0.25) is 29.0 Å². The molecule has 15 heteroatoms. The summed E-state index contributed by atoms with van der Waals surface area (Å²) < 4.78 is 0. The fourth-order valence-corrected chi connectivity index (χ4v) is 10.4. The molecule has 6 amide bonds. The third-order valence-corrected chi connectivity index (χ3v) is 13.3. The maximum Gasteiger partial charge on any atom is 0.407 e. The van der Waals surface area contributed by atoms with Crippen LogP contribution in [0.3, 0.4) is 0 Å². The van der Waals surface area contributed by atoms with E-state index in [2.05, 4.69) is 17.0 Å². The van der Waals surface area contributed by atoms with Crippen LogP contribution in [0.4, 0.5) is 15.3 Å². The number of hydrogen-bond acceptors (Lipinski definition) is 7. The third-order valence-electron chi connectivity index (χ3n) is 13.3. The molecule has 0 unspecified atom stereocenters. The third kappa shape index (κ3) is 7.74. The maximum absolute atomic E-state index is 14.1. The summed E-state index contributed by atoms with van der Waals surface area (Å²) in [5.74, 6) is -2.95. The highest BCUT2D eigenvalue weighted by atomic mass is 16.4. The summed E-state index contributed by atoms with van der Waals surface area (Å²) in [4.78, 5) is 86.4. The first kappa shape index (κ1) is 44.4. The number of likely N-dealkylation sites (N-methyl/N-ethyl adjacent to an activating group) is 2. The smallest absolute Gasteiger partial charge is 0.407 e. The predicted octanol–water partition coefficient (Wildman–Crippen LogP) is 5.64. The van der Waals surface area contributed by atoms with E-state index in [9.17, 15) is 39.0 Å². The summed E-state index contributed by atoms with van der Waals surface area (Å²) in [6, 6.07) is 23.2. The predicted molar refractivity (Wildman–Crippen MR) is 229 cm³/mol. The van der Waals surface area contributed by atoms with Gasteiger partial charge in [0.05, 0.1) is 12.1 Å². The highest BCUT2D eigenvalue weighted by Crippen LogP contribution is 2.49. The lowest BCUT2D eigenvalue weighted by Gasteiger charge is -2.41. The van der Waals surface area contributed by atoms with E-state index in [0.29, 0.717) is 36.8 Å². The molecule has 3 aliphatic heterocycles. The van der Waals surface area contributed by atoms with Gasteiger partial charge in [-0.05, 0) is 84.7 Å². The van der Waals surface area contributed by atoms with E-state index in [0.717, 1.165) is 39.5 Å². The van der Waals surface area contributed by atoms with Crippen LogP contribution in [0.5, 0.6) is 0 Å². The molecule has 0 saturated carbocycles. The molecule has 15 nitrogen and oxygen atoms in total. The number of anilines is 1. The van der Waals surface area contributed by atoms with Crippen LogP contribution in [-0.4, -0.2) is 105 Å². The van der Waals surface area contributed by atoms with E-state index in [1.54, 1.807) is 27.7 Å². The number of primary amides is 2. The lowest BCUT2D eigenvalue weighted by Crippen LogP contribution is -2.59. The summed E-state index contributed by atoms with van der Waals surface area (Å²) in [7, 11) is 2.72. The summed E-state index contributed by atoms with van der Waals surface area (Å²) in [6.07, 6.45) is 0.768. The SMILES string of the molecule is CC(C)[C@@H](C(=O)N1CCC[C@@]1(C(N)=O)c1ccc([C@H]2CC[C@H](c3ccc([C@]4(C(N)=O)CCCN4C(=O)[C@H](C(C)C)N(C)C(=O)O)cc3)N2c2ccccc2)cc1)N(C)C(=O)O. The molecular weight excluding hydrogens is 779 g/mol. The first-order valence-electron chi connectivity index (χ1n) is 21.1. The van der Waals surface area contributed by atoms with Gasteiger partial charge in [-0.15, -0.1) is 0 Å². The number of nitrogens with two attached hydrogens (primary N) is 2. The number of rotatable bonds is 13. The van der Waals surface area contributed by atoms with Crippen molar-refractivity contribution in [3.63, 3.8) is 0 Å². The molecule has 3 aliphatic rings. The molecule has 0 radical (unpaired) electrons. The van der Waals surface area contributed by atoms with Gasteiger partial charge in [-0.2, -0.15) is 0 Å². The van der Waals surface area contributed by atoms with Crippen molar-refractivity contribution >= 4 is 41.5 Å². The molecule has 3 saturated heterocycles. The van der Waals surface area contributed by atoms with Crippen LogP contribution in [-0.2, 0) is 30.3 Å². The molecule has 3 aromatic carbocycles. The number of carboxylic acid groups (broad SMARTS) is 2. The minimum Gasteiger partial charge on any atom is -0.465 e. The van der Waals surface area contributed by atoms with Crippen LogP contribution in [0.2, 0.25) is 0 Å². The van der Waals surface area contributed by atoms with Crippen LogP contribution in [0.15, 0.2) is 78.9 Å². The summed E-state index contributed by atoms with van der Waals surface area (Å²) in [5.41, 5.74) is 13.6. The molecule has 6 atom stereocenters. The topological polar surface area (TPSA) is 211 Å². The Morgan fingerprint density at radius 2 is 0.967 bits per heavy atom. The molecule has 3 heterocycles. The number of para-hydroxylation sites is 1. The van der Waals surface area contributed by atoms with Crippen LogP contribution >= 0.6 is 0 Å². The van der Waals surface area contributed by atoms with Gasteiger partial charge in [-0.25, -0.2) is 9.59 Å². The maximum atomic E-state index is 14.1. The first-order valence-corrected chi connectivity index (χ1v) is 21.1. The highest BCUT2D eigenvalue weighted by molar-refractivity contribution is 5.96. The van der Waals surface area contributed by atoms with E-state index in [1.807, 2.05) is 66.7 Å². The fourth-order valence-electron chi connectivity index (χ4n) is 10.4. The zero-order valence-corrected chi connectivity index (χ0v) is 35.9. The molecule has 3 aromatic rings. The molecule has 61 heavy (non-hydrogen) atoms. The second kappa shape index (κ2) is 17.5. The van der Waals surface area contributed by atoms with Gasteiger partial charge in [0.1, 0.15) is 23.2 Å². The monoisotopic (exact) mass is 837 g/mol. The molecular formula is C46H59N7O8. The summed E-state index contributed by atoms with van der Waals surface area (Å²) in [5, 5.41) is 19.5. The highest BCUT2D eigenvalue weighted by Gasteiger charge is 2.54. The van der Waals surface area contributed by atoms with Crippen molar-refractivity contribution in [1.82, 2.24) is 19.6 Å². The Bertz CT molecular complexity index is 2000. The van der Waals surface area contributed by atoms with Crippen molar-refractivity contribution in [2.45, 2.75) is 101 Å².